The minimum absolute atomic E-state index is 0.213. The van der Waals surface area contributed by atoms with Crippen molar-refractivity contribution < 1.29 is 23.9 Å². The summed E-state index contributed by atoms with van der Waals surface area (Å²) in [7, 11) is 0. The fourth-order valence-corrected chi connectivity index (χ4v) is 0.959. The molecule has 0 aromatic carbocycles. The van der Waals surface area contributed by atoms with Gasteiger partial charge in [0.1, 0.15) is 0 Å². The highest BCUT2D eigenvalue weighted by molar-refractivity contribution is 6.02. The first-order valence-corrected chi connectivity index (χ1v) is 5.18. The standard InChI is InChI=1S/C11H18O5/c1-6-11(5,9(13)15-7(2)3)10(14)16-8(4)12/h7H,6H2,1-5H3. The minimum Gasteiger partial charge on any atom is -0.462 e. The summed E-state index contributed by atoms with van der Waals surface area (Å²) < 4.78 is 9.39. The van der Waals surface area contributed by atoms with E-state index in [0.717, 1.165) is 6.92 Å². The Balaban J connectivity index is 4.82. The van der Waals surface area contributed by atoms with Gasteiger partial charge in [-0.2, -0.15) is 0 Å². The molecule has 0 rings (SSSR count). The summed E-state index contributed by atoms with van der Waals surface area (Å²) in [4.78, 5) is 33.9. The van der Waals surface area contributed by atoms with Crippen LogP contribution in [0.3, 0.4) is 0 Å². The third-order valence-electron chi connectivity index (χ3n) is 2.19. The average molecular weight is 230 g/mol. The van der Waals surface area contributed by atoms with Crippen molar-refractivity contribution in [2.75, 3.05) is 0 Å². The Hall–Kier alpha value is -1.39. The highest BCUT2D eigenvalue weighted by atomic mass is 16.6. The van der Waals surface area contributed by atoms with Crippen LogP contribution in [0.1, 0.15) is 41.0 Å². The van der Waals surface area contributed by atoms with Crippen LogP contribution in [-0.2, 0) is 23.9 Å². The predicted octanol–water partition coefficient (Wildman–Crippen LogP) is 1.44. The van der Waals surface area contributed by atoms with E-state index in [-0.39, 0.29) is 12.5 Å². The fourth-order valence-electron chi connectivity index (χ4n) is 0.959. The van der Waals surface area contributed by atoms with Gasteiger partial charge in [0.2, 0.25) is 0 Å². The number of esters is 3. The second-order valence-corrected chi connectivity index (χ2v) is 4.02. The van der Waals surface area contributed by atoms with E-state index in [4.69, 9.17) is 4.74 Å². The molecule has 0 fully saturated rings. The van der Waals surface area contributed by atoms with Crippen LogP contribution in [0.15, 0.2) is 0 Å². The summed E-state index contributed by atoms with van der Waals surface area (Å²) in [5, 5.41) is 0. The Morgan fingerprint density at radius 1 is 1.19 bits per heavy atom. The van der Waals surface area contributed by atoms with E-state index in [1.807, 2.05) is 0 Å². The smallest absolute Gasteiger partial charge is 0.330 e. The Morgan fingerprint density at radius 3 is 2.00 bits per heavy atom. The maximum absolute atomic E-state index is 11.7. The first-order valence-electron chi connectivity index (χ1n) is 5.18. The maximum Gasteiger partial charge on any atom is 0.330 e. The van der Waals surface area contributed by atoms with Gasteiger partial charge < -0.3 is 9.47 Å². The first-order chi connectivity index (χ1) is 7.24. The minimum atomic E-state index is -1.42. The van der Waals surface area contributed by atoms with Crippen molar-refractivity contribution in [3.63, 3.8) is 0 Å². The van der Waals surface area contributed by atoms with Gasteiger partial charge in [-0.3, -0.25) is 14.4 Å². The monoisotopic (exact) mass is 230 g/mol. The maximum atomic E-state index is 11.7. The Morgan fingerprint density at radius 2 is 1.69 bits per heavy atom. The second-order valence-electron chi connectivity index (χ2n) is 4.02. The van der Waals surface area contributed by atoms with Gasteiger partial charge in [-0.05, 0) is 27.2 Å². The Labute approximate surface area is 95.1 Å². The molecule has 0 amide bonds. The molecule has 5 heteroatoms. The van der Waals surface area contributed by atoms with Gasteiger partial charge >= 0.3 is 17.9 Å². The Kier molecular flexibility index (Phi) is 5.14. The Bertz CT molecular complexity index is 295. The number of rotatable bonds is 4. The summed E-state index contributed by atoms with van der Waals surface area (Å²) in [6.07, 6.45) is -0.103. The molecule has 0 radical (unpaired) electrons. The SMILES string of the molecule is CCC(C)(C(=O)OC(C)=O)C(=O)OC(C)C. The zero-order chi connectivity index (χ0) is 12.9. The summed E-state index contributed by atoms with van der Waals surface area (Å²) in [5.41, 5.74) is -1.42. The molecule has 16 heavy (non-hydrogen) atoms. The van der Waals surface area contributed by atoms with Gasteiger partial charge in [-0.1, -0.05) is 6.92 Å². The topological polar surface area (TPSA) is 69.7 Å². The molecule has 0 aliphatic heterocycles. The van der Waals surface area contributed by atoms with E-state index in [1.165, 1.54) is 6.92 Å². The summed E-state index contributed by atoms with van der Waals surface area (Å²) >= 11 is 0. The molecule has 1 atom stereocenters. The van der Waals surface area contributed by atoms with Crippen molar-refractivity contribution in [1.29, 1.82) is 0 Å². The van der Waals surface area contributed by atoms with E-state index < -0.39 is 23.3 Å². The lowest BCUT2D eigenvalue weighted by Gasteiger charge is -2.24. The van der Waals surface area contributed by atoms with E-state index in [2.05, 4.69) is 4.74 Å². The lowest BCUT2D eigenvalue weighted by Crippen LogP contribution is -2.40. The molecular weight excluding hydrogens is 212 g/mol. The fraction of sp³-hybridized carbons (Fsp3) is 0.727. The molecule has 1 unspecified atom stereocenters. The highest BCUT2D eigenvalue weighted by Crippen LogP contribution is 2.25. The third-order valence-corrected chi connectivity index (χ3v) is 2.19. The molecular formula is C11H18O5. The zero-order valence-corrected chi connectivity index (χ0v) is 10.3. The van der Waals surface area contributed by atoms with Crippen molar-refractivity contribution in [3.05, 3.63) is 0 Å². The summed E-state index contributed by atoms with van der Waals surface area (Å²) in [6.45, 7) is 7.54. The van der Waals surface area contributed by atoms with E-state index >= 15 is 0 Å². The van der Waals surface area contributed by atoms with Crippen molar-refractivity contribution >= 4 is 17.9 Å². The second kappa shape index (κ2) is 5.63. The largest absolute Gasteiger partial charge is 0.462 e. The van der Waals surface area contributed by atoms with Gasteiger partial charge in [0.25, 0.3) is 0 Å². The lowest BCUT2D eigenvalue weighted by molar-refractivity contribution is -0.176. The van der Waals surface area contributed by atoms with Crippen LogP contribution in [0, 0.1) is 5.41 Å². The van der Waals surface area contributed by atoms with Crippen LogP contribution in [-0.4, -0.2) is 24.0 Å². The molecule has 0 aromatic heterocycles. The molecule has 0 saturated heterocycles. The predicted molar refractivity (Wildman–Crippen MR) is 56.4 cm³/mol. The van der Waals surface area contributed by atoms with Gasteiger partial charge in [-0.15, -0.1) is 0 Å². The molecule has 0 spiro atoms. The van der Waals surface area contributed by atoms with Gasteiger partial charge in [0.05, 0.1) is 6.10 Å². The van der Waals surface area contributed by atoms with Gasteiger partial charge in [0.15, 0.2) is 5.41 Å². The third kappa shape index (κ3) is 3.64. The quantitative estimate of drug-likeness (QED) is 0.540. The molecule has 0 saturated carbocycles. The molecule has 5 nitrogen and oxygen atoms in total. The van der Waals surface area contributed by atoms with Crippen LogP contribution < -0.4 is 0 Å². The molecule has 92 valence electrons. The summed E-state index contributed by atoms with van der Waals surface area (Å²) in [5.74, 6) is -2.27. The van der Waals surface area contributed by atoms with E-state index in [1.54, 1.807) is 20.8 Å². The van der Waals surface area contributed by atoms with Gasteiger partial charge in [0, 0.05) is 6.92 Å². The van der Waals surface area contributed by atoms with Crippen LogP contribution in [0.2, 0.25) is 0 Å². The van der Waals surface area contributed by atoms with Crippen molar-refractivity contribution in [3.8, 4) is 0 Å². The van der Waals surface area contributed by atoms with Gasteiger partial charge in [-0.25, -0.2) is 0 Å². The molecule has 0 bridgehead atoms. The van der Waals surface area contributed by atoms with Crippen molar-refractivity contribution in [1.82, 2.24) is 0 Å². The molecule has 0 N–H and O–H groups in total. The normalized spacial score (nSPS) is 14.1. The number of ether oxygens (including phenoxy) is 2. The molecule has 0 aliphatic rings. The summed E-state index contributed by atoms with van der Waals surface area (Å²) in [6, 6.07) is 0. The number of hydrogen-bond acceptors (Lipinski definition) is 5. The van der Waals surface area contributed by atoms with Crippen molar-refractivity contribution in [2.24, 2.45) is 5.41 Å². The molecule has 0 heterocycles. The van der Waals surface area contributed by atoms with E-state index in [9.17, 15) is 14.4 Å². The highest BCUT2D eigenvalue weighted by Gasteiger charge is 2.43. The van der Waals surface area contributed by atoms with Crippen LogP contribution in [0.25, 0.3) is 0 Å². The molecule has 0 aromatic rings. The van der Waals surface area contributed by atoms with E-state index in [0.29, 0.717) is 0 Å². The molecule has 0 aliphatic carbocycles. The number of carbonyl (C=O) groups is 3. The first kappa shape index (κ1) is 14.6. The van der Waals surface area contributed by atoms with Crippen LogP contribution in [0.4, 0.5) is 0 Å². The van der Waals surface area contributed by atoms with Crippen LogP contribution in [0.5, 0.6) is 0 Å². The van der Waals surface area contributed by atoms with Crippen LogP contribution >= 0.6 is 0 Å². The number of hydrogen-bond donors (Lipinski definition) is 0. The van der Waals surface area contributed by atoms with Crippen molar-refractivity contribution in [2.45, 2.75) is 47.1 Å². The number of carbonyl (C=O) groups excluding carboxylic acids is 3. The zero-order valence-electron chi connectivity index (χ0n) is 10.3. The average Bonchev–Trinajstić information content (AvgIpc) is 2.14. The lowest BCUT2D eigenvalue weighted by atomic mass is 9.88.